The topological polar surface area (TPSA) is 116 Å². The van der Waals surface area contributed by atoms with Gasteiger partial charge in [0.05, 0.1) is 25.0 Å². The van der Waals surface area contributed by atoms with Gasteiger partial charge in [0, 0.05) is 17.5 Å². The standard InChI is InChI=1S/C21H24N4O5S/c1-4-8-25-12-16(23-24-25)13-6-7-14-9-15(21(28)30-17(14)10-13)22-20(27)18(31-5-2)11-19(26)29-3/h6-7,9-10,12,18H,4-5,8,11H2,1-3H3,(H,22,27). The van der Waals surface area contributed by atoms with Gasteiger partial charge < -0.3 is 14.5 Å². The summed E-state index contributed by atoms with van der Waals surface area (Å²) < 4.78 is 11.8. The van der Waals surface area contributed by atoms with Crippen LogP contribution < -0.4 is 10.9 Å². The first-order valence-corrected chi connectivity index (χ1v) is 11.0. The first-order chi connectivity index (χ1) is 14.9. The number of nitrogens with zero attached hydrogens (tertiary/aromatic N) is 3. The van der Waals surface area contributed by atoms with Crippen molar-refractivity contribution in [3.63, 3.8) is 0 Å². The lowest BCUT2D eigenvalue weighted by Gasteiger charge is -2.14. The number of esters is 1. The third-order valence-corrected chi connectivity index (χ3v) is 5.64. The Bertz CT molecular complexity index is 1140. The summed E-state index contributed by atoms with van der Waals surface area (Å²) >= 11 is 1.30. The fourth-order valence-corrected chi connectivity index (χ4v) is 3.87. The number of aromatic nitrogens is 3. The molecular weight excluding hydrogens is 420 g/mol. The zero-order valence-corrected chi connectivity index (χ0v) is 18.4. The largest absolute Gasteiger partial charge is 0.469 e. The number of nitrogens with one attached hydrogen (secondary N) is 1. The maximum atomic E-state index is 12.6. The monoisotopic (exact) mass is 444 g/mol. The average molecular weight is 445 g/mol. The summed E-state index contributed by atoms with van der Waals surface area (Å²) in [6, 6.07) is 6.91. The highest BCUT2D eigenvalue weighted by Gasteiger charge is 2.23. The van der Waals surface area contributed by atoms with Crippen LogP contribution in [-0.4, -0.2) is 45.0 Å². The molecule has 0 spiro atoms. The minimum atomic E-state index is -0.675. The van der Waals surface area contributed by atoms with Crippen molar-refractivity contribution in [2.75, 3.05) is 18.2 Å². The average Bonchev–Trinajstić information content (AvgIpc) is 3.22. The maximum Gasteiger partial charge on any atom is 0.360 e. The number of anilines is 1. The molecule has 0 aliphatic carbocycles. The van der Waals surface area contributed by atoms with Gasteiger partial charge in [0.1, 0.15) is 17.0 Å². The van der Waals surface area contributed by atoms with E-state index in [4.69, 9.17) is 4.42 Å². The summed E-state index contributed by atoms with van der Waals surface area (Å²) in [5.74, 6) is -0.310. The van der Waals surface area contributed by atoms with Gasteiger partial charge in [-0.25, -0.2) is 4.79 Å². The summed E-state index contributed by atoms with van der Waals surface area (Å²) in [6.45, 7) is 4.71. The molecule has 9 nitrogen and oxygen atoms in total. The SMILES string of the molecule is CCCn1cc(-c2ccc3cc(NC(=O)C(CC(=O)OC)SCC)c(=O)oc3c2)nn1. The van der Waals surface area contributed by atoms with Gasteiger partial charge in [-0.1, -0.05) is 31.2 Å². The van der Waals surface area contributed by atoms with Crippen LogP contribution in [-0.2, 0) is 20.9 Å². The highest BCUT2D eigenvalue weighted by Crippen LogP contribution is 2.24. The minimum Gasteiger partial charge on any atom is -0.469 e. The molecule has 0 bridgehead atoms. The highest BCUT2D eigenvalue weighted by atomic mass is 32.2. The zero-order chi connectivity index (χ0) is 22.4. The summed E-state index contributed by atoms with van der Waals surface area (Å²) in [6.07, 6.45) is 2.70. The Morgan fingerprint density at radius 2 is 2.10 bits per heavy atom. The lowest BCUT2D eigenvalue weighted by atomic mass is 10.1. The normalized spacial score (nSPS) is 12.0. The third kappa shape index (κ3) is 5.52. The molecule has 0 saturated heterocycles. The molecule has 3 aromatic rings. The molecule has 0 aliphatic rings. The molecule has 1 amide bonds. The molecule has 31 heavy (non-hydrogen) atoms. The predicted molar refractivity (Wildman–Crippen MR) is 119 cm³/mol. The lowest BCUT2D eigenvalue weighted by molar-refractivity contribution is -0.141. The van der Waals surface area contributed by atoms with Crippen LogP contribution in [0.25, 0.3) is 22.2 Å². The lowest BCUT2D eigenvalue weighted by Crippen LogP contribution is -2.30. The van der Waals surface area contributed by atoms with Crippen molar-refractivity contribution in [1.82, 2.24) is 15.0 Å². The molecule has 0 radical (unpaired) electrons. The van der Waals surface area contributed by atoms with E-state index in [1.54, 1.807) is 22.9 Å². The van der Waals surface area contributed by atoms with Crippen molar-refractivity contribution >= 4 is 40.3 Å². The molecule has 1 aromatic carbocycles. The molecule has 1 unspecified atom stereocenters. The molecule has 0 fully saturated rings. The summed E-state index contributed by atoms with van der Waals surface area (Å²) in [4.78, 5) is 36.6. The quantitative estimate of drug-likeness (QED) is 0.395. The van der Waals surface area contributed by atoms with E-state index in [0.717, 1.165) is 18.5 Å². The Labute approximate surface area is 183 Å². The van der Waals surface area contributed by atoms with E-state index in [2.05, 4.69) is 27.3 Å². The van der Waals surface area contributed by atoms with Crippen LogP contribution in [0, 0.1) is 0 Å². The van der Waals surface area contributed by atoms with E-state index >= 15 is 0 Å². The summed E-state index contributed by atoms with van der Waals surface area (Å²) in [5, 5.41) is 10.8. The molecule has 164 valence electrons. The van der Waals surface area contributed by atoms with Crippen LogP contribution in [0.3, 0.4) is 0 Å². The number of rotatable bonds is 9. The molecule has 1 atom stereocenters. The second-order valence-electron chi connectivity index (χ2n) is 6.78. The molecular formula is C21H24N4O5S. The van der Waals surface area contributed by atoms with Crippen LogP contribution in [0.5, 0.6) is 0 Å². The van der Waals surface area contributed by atoms with Gasteiger partial charge in [-0.05, 0) is 24.3 Å². The van der Waals surface area contributed by atoms with Crippen molar-refractivity contribution < 1.29 is 18.7 Å². The summed E-state index contributed by atoms with van der Waals surface area (Å²) in [5.41, 5.74) is 1.17. The number of carbonyl (C=O) groups is 2. The van der Waals surface area contributed by atoms with Crippen LogP contribution in [0.1, 0.15) is 26.7 Å². The van der Waals surface area contributed by atoms with Gasteiger partial charge in [0.2, 0.25) is 5.91 Å². The van der Waals surface area contributed by atoms with Crippen molar-refractivity contribution in [2.24, 2.45) is 0 Å². The Hall–Kier alpha value is -3.14. The van der Waals surface area contributed by atoms with Crippen LogP contribution in [0.15, 0.2) is 39.7 Å². The maximum absolute atomic E-state index is 12.6. The van der Waals surface area contributed by atoms with Crippen LogP contribution in [0.2, 0.25) is 0 Å². The number of carbonyl (C=O) groups excluding carboxylic acids is 2. The van der Waals surface area contributed by atoms with E-state index in [-0.39, 0.29) is 12.1 Å². The van der Waals surface area contributed by atoms with E-state index in [0.29, 0.717) is 22.4 Å². The number of thioether (sulfide) groups is 1. The Morgan fingerprint density at radius 3 is 2.81 bits per heavy atom. The molecule has 10 heteroatoms. The van der Waals surface area contributed by atoms with Gasteiger partial charge in [0.25, 0.3) is 0 Å². The Kier molecular flexibility index (Phi) is 7.45. The second kappa shape index (κ2) is 10.3. The number of aryl methyl sites for hydroxylation is 1. The number of ether oxygens (including phenoxy) is 1. The molecule has 0 aliphatic heterocycles. The van der Waals surface area contributed by atoms with E-state index < -0.39 is 22.8 Å². The van der Waals surface area contributed by atoms with Gasteiger partial charge >= 0.3 is 11.6 Å². The minimum absolute atomic E-state index is 0.0192. The van der Waals surface area contributed by atoms with Crippen molar-refractivity contribution in [2.45, 2.75) is 38.5 Å². The third-order valence-electron chi connectivity index (χ3n) is 4.52. The first-order valence-electron chi connectivity index (χ1n) is 9.92. The second-order valence-corrected chi connectivity index (χ2v) is 8.26. The molecule has 1 N–H and O–H groups in total. The number of amides is 1. The fraction of sp³-hybridized carbons (Fsp3) is 0.381. The van der Waals surface area contributed by atoms with Crippen molar-refractivity contribution in [3.8, 4) is 11.3 Å². The van der Waals surface area contributed by atoms with Gasteiger partial charge in [-0.3, -0.25) is 14.3 Å². The number of hydrogen-bond acceptors (Lipinski definition) is 8. The molecule has 2 heterocycles. The highest BCUT2D eigenvalue weighted by molar-refractivity contribution is 8.00. The summed E-state index contributed by atoms with van der Waals surface area (Å²) in [7, 11) is 1.27. The fourth-order valence-electron chi connectivity index (χ4n) is 3.00. The smallest absolute Gasteiger partial charge is 0.360 e. The van der Waals surface area contributed by atoms with Crippen LogP contribution in [0.4, 0.5) is 5.69 Å². The van der Waals surface area contributed by atoms with Crippen molar-refractivity contribution in [1.29, 1.82) is 0 Å². The number of hydrogen-bond donors (Lipinski definition) is 1. The Balaban J connectivity index is 1.84. The van der Waals surface area contributed by atoms with Crippen molar-refractivity contribution in [3.05, 3.63) is 40.9 Å². The number of fused-ring (bicyclic) bond motifs is 1. The van der Waals surface area contributed by atoms with Crippen LogP contribution >= 0.6 is 11.8 Å². The van der Waals surface area contributed by atoms with Gasteiger partial charge in [0.15, 0.2) is 0 Å². The number of benzene rings is 1. The van der Waals surface area contributed by atoms with Gasteiger partial charge in [-0.15, -0.1) is 16.9 Å². The predicted octanol–water partition coefficient (Wildman–Crippen LogP) is 3.08. The van der Waals surface area contributed by atoms with E-state index in [9.17, 15) is 14.4 Å². The van der Waals surface area contributed by atoms with Gasteiger partial charge in [-0.2, -0.15) is 0 Å². The zero-order valence-electron chi connectivity index (χ0n) is 17.6. The molecule has 3 rings (SSSR count). The number of methoxy groups -OCH3 is 1. The van der Waals surface area contributed by atoms with E-state index in [1.807, 2.05) is 19.2 Å². The molecule has 0 saturated carbocycles. The first kappa shape index (κ1) is 22.5. The molecule has 2 aromatic heterocycles. The Morgan fingerprint density at radius 1 is 1.29 bits per heavy atom. The van der Waals surface area contributed by atoms with E-state index in [1.165, 1.54) is 18.9 Å².